The fraction of sp³-hybridized carbons (Fsp3) is 0.600. The maximum Gasteiger partial charge on any atom is 0.146 e. The Kier molecular flexibility index (Phi) is 2.01. The molecule has 0 spiro atoms. The van der Waals surface area contributed by atoms with Crippen LogP contribution in [-0.4, -0.2) is 28.6 Å². The van der Waals surface area contributed by atoms with Crippen LogP contribution in [0.2, 0.25) is 0 Å². The zero-order chi connectivity index (χ0) is 10.5. The van der Waals surface area contributed by atoms with E-state index in [1.807, 2.05) is 0 Å². The van der Waals surface area contributed by atoms with Crippen molar-refractivity contribution >= 4 is 21.7 Å². The van der Waals surface area contributed by atoms with Crippen LogP contribution in [0.15, 0.2) is 17.0 Å². The van der Waals surface area contributed by atoms with Gasteiger partial charge in [-0.15, -0.1) is 0 Å². The highest BCUT2D eigenvalue weighted by Crippen LogP contribution is 2.44. The number of nitrogens with two attached hydrogens (primary N) is 1. The van der Waals surface area contributed by atoms with Crippen LogP contribution in [0.4, 0.5) is 5.82 Å². The first-order valence-corrected chi connectivity index (χ1v) is 5.98. The number of aromatic nitrogens is 2. The van der Waals surface area contributed by atoms with Crippen LogP contribution < -0.4 is 10.6 Å². The molecule has 1 saturated heterocycles. The van der Waals surface area contributed by atoms with Gasteiger partial charge in [0.1, 0.15) is 12.1 Å². The summed E-state index contributed by atoms with van der Waals surface area (Å²) in [6.45, 7) is 1.85. The summed E-state index contributed by atoms with van der Waals surface area (Å²) in [5.41, 5.74) is 6.33. The Balaban J connectivity index is 1.74. The van der Waals surface area contributed by atoms with Gasteiger partial charge in [0.05, 0.1) is 10.0 Å². The van der Waals surface area contributed by atoms with Gasteiger partial charge in [-0.05, 0) is 34.7 Å². The molecule has 80 valence electrons. The van der Waals surface area contributed by atoms with E-state index in [0.717, 1.165) is 29.3 Å². The first-order chi connectivity index (χ1) is 7.19. The van der Waals surface area contributed by atoms with Crippen LogP contribution in [0.1, 0.15) is 12.8 Å². The molecule has 2 heterocycles. The van der Waals surface area contributed by atoms with E-state index < -0.39 is 0 Å². The lowest BCUT2D eigenvalue weighted by molar-refractivity contribution is 0.289. The van der Waals surface area contributed by atoms with Gasteiger partial charge in [-0.3, -0.25) is 0 Å². The molecule has 4 nitrogen and oxygen atoms in total. The van der Waals surface area contributed by atoms with Crippen LogP contribution in [0.5, 0.6) is 0 Å². The molecule has 1 aromatic heterocycles. The fourth-order valence-electron chi connectivity index (χ4n) is 2.27. The topological polar surface area (TPSA) is 55.0 Å². The van der Waals surface area contributed by atoms with Gasteiger partial charge in [0.15, 0.2) is 0 Å². The quantitative estimate of drug-likeness (QED) is 0.875. The van der Waals surface area contributed by atoms with Gasteiger partial charge in [0.25, 0.3) is 0 Å². The molecule has 2 fully saturated rings. The Morgan fingerprint density at radius 2 is 2.20 bits per heavy atom. The van der Waals surface area contributed by atoms with E-state index in [0.29, 0.717) is 0 Å². The Hall–Kier alpha value is -0.680. The van der Waals surface area contributed by atoms with Crippen molar-refractivity contribution in [3.05, 3.63) is 17.0 Å². The molecule has 0 radical (unpaired) electrons. The third-order valence-corrected chi connectivity index (χ3v) is 3.87. The van der Waals surface area contributed by atoms with E-state index in [-0.39, 0.29) is 5.54 Å². The molecule has 0 atom stereocenters. The molecule has 0 aromatic carbocycles. The molecule has 15 heavy (non-hydrogen) atoms. The van der Waals surface area contributed by atoms with Crippen molar-refractivity contribution in [2.75, 3.05) is 18.0 Å². The Morgan fingerprint density at radius 1 is 1.47 bits per heavy atom. The second-order valence-corrected chi connectivity index (χ2v) is 5.41. The predicted molar refractivity (Wildman–Crippen MR) is 61.6 cm³/mol. The Morgan fingerprint density at radius 3 is 2.80 bits per heavy atom. The van der Waals surface area contributed by atoms with Gasteiger partial charge < -0.3 is 10.6 Å². The fourth-order valence-corrected chi connectivity index (χ4v) is 2.74. The number of rotatable bonds is 2. The van der Waals surface area contributed by atoms with Gasteiger partial charge in [-0.25, -0.2) is 9.97 Å². The van der Waals surface area contributed by atoms with Crippen LogP contribution >= 0.6 is 15.9 Å². The molecule has 5 heteroatoms. The highest BCUT2D eigenvalue weighted by molar-refractivity contribution is 9.10. The highest BCUT2D eigenvalue weighted by Gasteiger charge is 2.50. The predicted octanol–water partition coefficient (Wildman–Crippen LogP) is 1.17. The van der Waals surface area contributed by atoms with Gasteiger partial charge in [-0.1, -0.05) is 0 Å². The average Bonchev–Trinajstić information content (AvgIpc) is 2.97. The van der Waals surface area contributed by atoms with Gasteiger partial charge in [0, 0.05) is 19.3 Å². The van der Waals surface area contributed by atoms with Crippen LogP contribution in [0.3, 0.4) is 0 Å². The lowest BCUT2D eigenvalue weighted by Crippen LogP contribution is -2.69. The summed E-state index contributed by atoms with van der Waals surface area (Å²) in [7, 11) is 0. The Bertz CT molecular complexity index is 385. The summed E-state index contributed by atoms with van der Waals surface area (Å²) in [6, 6.07) is 0. The van der Waals surface area contributed by atoms with Crippen molar-refractivity contribution < 1.29 is 0 Å². The van der Waals surface area contributed by atoms with E-state index in [1.54, 1.807) is 12.5 Å². The summed E-state index contributed by atoms with van der Waals surface area (Å²) in [4.78, 5) is 10.4. The molecule has 1 aliphatic carbocycles. The third kappa shape index (κ3) is 1.54. The monoisotopic (exact) mass is 268 g/mol. The van der Waals surface area contributed by atoms with Crippen molar-refractivity contribution in [3.63, 3.8) is 0 Å². The molecular weight excluding hydrogens is 256 g/mol. The van der Waals surface area contributed by atoms with E-state index in [1.165, 1.54) is 12.8 Å². The first kappa shape index (κ1) is 9.54. The molecule has 0 unspecified atom stereocenters. The second kappa shape index (κ2) is 3.15. The summed E-state index contributed by atoms with van der Waals surface area (Å²) < 4.78 is 0.947. The summed E-state index contributed by atoms with van der Waals surface area (Å²) in [5.74, 6) is 1.71. The number of hydrogen-bond donors (Lipinski definition) is 1. The van der Waals surface area contributed by atoms with E-state index in [2.05, 4.69) is 30.8 Å². The zero-order valence-corrected chi connectivity index (χ0v) is 9.94. The van der Waals surface area contributed by atoms with Crippen molar-refractivity contribution in [1.29, 1.82) is 0 Å². The maximum atomic E-state index is 6.29. The number of halogens is 1. The molecule has 2 N–H and O–H groups in total. The third-order valence-electron chi connectivity index (χ3n) is 3.31. The molecule has 1 aliphatic heterocycles. The van der Waals surface area contributed by atoms with E-state index >= 15 is 0 Å². The first-order valence-electron chi connectivity index (χ1n) is 5.18. The van der Waals surface area contributed by atoms with E-state index in [9.17, 15) is 0 Å². The maximum absolute atomic E-state index is 6.29. The van der Waals surface area contributed by atoms with Crippen molar-refractivity contribution in [3.8, 4) is 0 Å². The molecule has 0 bridgehead atoms. The van der Waals surface area contributed by atoms with Crippen LogP contribution in [0, 0.1) is 5.92 Å². The molecule has 2 aliphatic rings. The molecule has 1 aromatic rings. The Labute approximate surface area is 97.0 Å². The zero-order valence-electron chi connectivity index (χ0n) is 8.36. The lowest BCUT2D eigenvalue weighted by atomic mass is 9.86. The normalized spacial score (nSPS) is 23.7. The number of nitrogens with zero attached hydrogens (tertiary/aromatic N) is 3. The summed E-state index contributed by atoms with van der Waals surface area (Å²) in [5, 5.41) is 0. The number of anilines is 1. The van der Waals surface area contributed by atoms with Crippen molar-refractivity contribution in [2.24, 2.45) is 11.7 Å². The van der Waals surface area contributed by atoms with Gasteiger partial charge in [0.2, 0.25) is 0 Å². The largest absolute Gasteiger partial charge is 0.352 e. The van der Waals surface area contributed by atoms with Gasteiger partial charge >= 0.3 is 0 Å². The SMILES string of the molecule is NC1(C2CC2)CN(c2ncncc2Br)C1. The lowest BCUT2D eigenvalue weighted by Gasteiger charge is -2.49. The second-order valence-electron chi connectivity index (χ2n) is 4.56. The molecule has 1 saturated carbocycles. The minimum atomic E-state index is 0.0460. The minimum Gasteiger partial charge on any atom is -0.352 e. The smallest absolute Gasteiger partial charge is 0.146 e. The summed E-state index contributed by atoms with van der Waals surface area (Å²) >= 11 is 3.45. The van der Waals surface area contributed by atoms with Crippen LogP contribution in [0.25, 0.3) is 0 Å². The van der Waals surface area contributed by atoms with Gasteiger partial charge in [-0.2, -0.15) is 0 Å². The highest BCUT2D eigenvalue weighted by atomic mass is 79.9. The van der Waals surface area contributed by atoms with Crippen LogP contribution in [-0.2, 0) is 0 Å². The number of hydrogen-bond acceptors (Lipinski definition) is 4. The molecule has 0 amide bonds. The summed E-state index contributed by atoms with van der Waals surface area (Å²) in [6.07, 6.45) is 5.95. The van der Waals surface area contributed by atoms with Crippen molar-refractivity contribution in [1.82, 2.24) is 9.97 Å². The average molecular weight is 269 g/mol. The molecule has 3 rings (SSSR count). The van der Waals surface area contributed by atoms with E-state index in [4.69, 9.17) is 5.73 Å². The standard InChI is InChI=1S/C10H13BrN4/c11-8-3-13-6-14-9(8)15-4-10(12,5-15)7-1-2-7/h3,6-7H,1-2,4-5,12H2. The minimum absolute atomic E-state index is 0.0460. The molecular formula is C10H13BrN4. The van der Waals surface area contributed by atoms with Crippen molar-refractivity contribution in [2.45, 2.75) is 18.4 Å².